The Bertz CT molecular complexity index is 1620. The number of hydrogen-bond donors (Lipinski definition) is 2. The van der Waals surface area contributed by atoms with Crippen molar-refractivity contribution in [1.29, 1.82) is 0 Å². The van der Waals surface area contributed by atoms with E-state index in [2.05, 4.69) is 14.7 Å². The molecule has 0 amide bonds. The Hall–Kier alpha value is -4.23. The number of carbonyl (C=O) groups is 1. The van der Waals surface area contributed by atoms with E-state index in [1.54, 1.807) is 6.20 Å². The molecule has 0 saturated carbocycles. The highest BCUT2D eigenvalue weighted by Gasteiger charge is 2.46. The van der Waals surface area contributed by atoms with Crippen LogP contribution in [0.5, 0.6) is 0 Å². The van der Waals surface area contributed by atoms with Gasteiger partial charge < -0.3 is 14.6 Å². The standard InChI is InChI=1S/C29H24N4O3/c34-28(35)16-22-21-13-12-18(15-26(21)32-14-6-5-11-25(22)32)33-27(17-30-31-33)29(36)23-9-3-1-7-19(23)20-8-2-4-10-24(20)29/h1-11,14,17-18,36H,12-13,15-16H2,(H,34,35). The van der Waals surface area contributed by atoms with Gasteiger partial charge >= 0.3 is 5.97 Å². The zero-order chi connectivity index (χ0) is 24.4. The summed E-state index contributed by atoms with van der Waals surface area (Å²) in [6.07, 6.45) is 5.90. The summed E-state index contributed by atoms with van der Waals surface area (Å²) in [5, 5.41) is 30.7. The summed E-state index contributed by atoms with van der Waals surface area (Å²) in [5.41, 5.74) is 7.08. The highest BCUT2D eigenvalue weighted by Crippen LogP contribution is 2.51. The normalized spacial score (nSPS) is 17.5. The second-order valence-electron chi connectivity index (χ2n) is 9.69. The van der Waals surface area contributed by atoms with Crippen LogP contribution in [0, 0.1) is 0 Å². The number of carboxylic acids is 1. The third-order valence-corrected chi connectivity index (χ3v) is 7.87. The molecule has 0 aliphatic heterocycles. The molecule has 5 aromatic rings. The summed E-state index contributed by atoms with van der Waals surface area (Å²) in [6, 6.07) is 21.8. The first-order chi connectivity index (χ1) is 17.6. The quantitative estimate of drug-likeness (QED) is 0.407. The van der Waals surface area contributed by atoms with Crippen LogP contribution in [0.2, 0.25) is 0 Å². The van der Waals surface area contributed by atoms with Crippen molar-refractivity contribution in [3.63, 3.8) is 0 Å². The fourth-order valence-electron chi connectivity index (χ4n) is 6.37. The highest BCUT2D eigenvalue weighted by atomic mass is 16.4. The number of aliphatic carboxylic acids is 1. The van der Waals surface area contributed by atoms with Gasteiger partial charge in [-0.15, -0.1) is 5.10 Å². The molecule has 2 aliphatic carbocycles. The summed E-state index contributed by atoms with van der Waals surface area (Å²) in [5.74, 6) is -0.823. The minimum absolute atomic E-state index is 0.00933. The van der Waals surface area contributed by atoms with E-state index in [4.69, 9.17) is 0 Å². The summed E-state index contributed by atoms with van der Waals surface area (Å²) in [4.78, 5) is 11.6. The van der Waals surface area contributed by atoms with Gasteiger partial charge in [0.1, 0.15) is 0 Å². The number of nitrogens with zero attached hydrogens (tertiary/aromatic N) is 4. The number of fused-ring (bicyclic) bond motifs is 6. The second kappa shape index (κ2) is 7.63. The van der Waals surface area contributed by atoms with Crippen molar-refractivity contribution in [1.82, 2.24) is 19.4 Å². The van der Waals surface area contributed by atoms with Crippen LogP contribution in [0.15, 0.2) is 79.1 Å². The minimum Gasteiger partial charge on any atom is -0.481 e. The molecule has 0 radical (unpaired) electrons. The minimum atomic E-state index is -1.35. The molecular weight excluding hydrogens is 452 g/mol. The van der Waals surface area contributed by atoms with E-state index in [0.29, 0.717) is 12.1 Å². The van der Waals surface area contributed by atoms with Crippen LogP contribution >= 0.6 is 0 Å². The molecule has 2 aromatic carbocycles. The van der Waals surface area contributed by atoms with Crippen LogP contribution in [0.4, 0.5) is 0 Å². The van der Waals surface area contributed by atoms with Crippen molar-refractivity contribution in [2.75, 3.05) is 0 Å². The maximum atomic E-state index is 12.4. The lowest BCUT2D eigenvalue weighted by Crippen LogP contribution is -2.32. The zero-order valence-corrected chi connectivity index (χ0v) is 19.5. The van der Waals surface area contributed by atoms with E-state index in [1.165, 1.54) is 0 Å². The van der Waals surface area contributed by atoms with Crippen molar-refractivity contribution in [3.8, 4) is 11.1 Å². The van der Waals surface area contributed by atoms with Crippen LogP contribution < -0.4 is 0 Å². The van der Waals surface area contributed by atoms with Crippen molar-refractivity contribution >= 4 is 11.5 Å². The third-order valence-electron chi connectivity index (χ3n) is 7.87. The van der Waals surface area contributed by atoms with Crippen molar-refractivity contribution in [3.05, 3.63) is 113 Å². The maximum absolute atomic E-state index is 12.4. The van der Waals surface area contributed by atoms with Gasteiger partial charge in [0.15, 0.2) is 5.60 Å². The third kappa shape index (κ3) is 2.80. The van der Waals surface area contributed by atoms with Crippen molar-refractivity contribution in [2.45, 2.75) is 37.3 Å². The molecule has 3 aromatic heterocycles. The Balaban J connectivity index is 1.35. The number of carboxylic acid groups (broad SMARTS) is 1. The molecule has 2 N–H and O–H groups in total. The van der Waals surface area contributed by atoms with Gasteiger partial charge in [-0.25, -0.2) is 4.68 Å². The smallest absolute Gasteiger partial charge is 0.307 e. The molecule has 1 atom stereocenters. The Morgan fingerprint density at radius 1 is 1.00 bits per heavy atom. The molecule has 7 nitrogen and oxygen atoms in total. The van der Waals surface area contributed by atoms with Gasteiger partial charge in [-0.3, -0.25) is 4.79 Å². The topological polar surface area (TPSA) is 92.6 Å². The number of hydrogen-bond acceptors (Lipinski definition) is 4. The van der Waals surface area contributed by atoms with Crippen LogP contribution in [0.25, 0.3) is 16.6 Å². The highest BCUT2D eigenvalue weighted by molar-refractivity contribution is 5.82. The second-order valence-corrected chi connectivity index (χ2v) is 9.69. The summed E-state index contributed by atoms with van der Waals surface area (Å²) in [6.45, 7) is 0. The lowest BCUT2D eigenvalue weighted by Gasteiger charge is -2.30. The molecule has 0 spiro atoms. The lowest BCUT2D eigenvalue weighted by atomic mass is 9.86. The number of rotatable bonds is 4. The summed E-state index contributed by atoms with van der Waals surface area (Å²) >= 11 is 0. The molecule has 7 heteroatoms. The van der Waals surface area contributed by atoms with Gasteiger partial charge in [-0.1, -0.05) is 59.8 Å². The molecule has 0 bridgehead atoms. The number of aromatic nitrogens is 4. The van der Waals surface area contributed by atoms with Gasteiger partial charge in [0.05, 0.1) is 24.4 Å². The van der Waals surface area contributed by atoms with E-state index >= 15 is 0 Å². The van der Waals surface area contributed by atoms with E-state index in [-0.39, 0.29) is 12.5 Å². The fourth-order valence-corrected chi connectivity index (χ4v) is 6.37. The van der Waals surface area contributed by atoms with Gasteiger partial charge in [-0.2, -0.15) is 0 Å². The molecule has 178 valence electrons. The van der Waals surface area contributed by atoms with Crippen LogP contribution in [-0.4, -0.2) is 35.6 Å². The predicted octanol–water partition coefficient (Wildman–Crippen LogP) is 4.15. The SMILES string of the molecule is O=C(O)Cc1c2c(n3ccccc13)CC(n1nncc1C1(O)c3ccccc3-c3ccccc31)CC2. The number of aliphatic hydroxyl groups is 1. The Kier molecular flexibility index (Phi) is 4.47. The first kappa shape index (κ1) is 21.1. The number of pyridine rings is 1. The average Bonchev–Trinajstić information content (AvgIpc) is 3.58. The van der Waals surface area contributed by atoms with Gasteiger partial charge in [0, 0.05) is 35.0 Å². The lowest BCUT2D eigenvalue weighted by molar-refractivity contribution is -0.136. The van der Waals surface area contributed by atoms with E-state index in [0.717, 1.165) is 57.4 Å². The Morgan fingerprint density at radius 2 is 1.69 bits per heavy atom. The van der Waals surface area contributed by atoms with Crippen LogP contribution in [0.1, 0.15) is 46.1 Å². The monoisotopic (exact) mass is 476 g/mol. The molecule has 1 unspecified atom stereocenters. The van der Waals surface area contributed by atoms with E-state index in [9.17, 15) is 15.0 Å². The zero-order valence-electron chi connectivity index (χ0n) is 19.5. The summed E-state index contributed by atoms with van der Waals surface area (Å²) in [7, 11) is 0. The largest absolute Gasteiger partial charge is 0.481 e. The predicted molar refractivity (Wildman–Crippen MR) is 134 cm³/mol. The van der Waals surface area contributed by atoms with E-state index < -0.39 is 11.6 Å². The van der Waals surface area contributed by atoms with Crippen molar-refractivity contribution < 1.29 is 15.0 Å². The Morgan fingerprint density at radius 3 is 2.42 bits per heavy atom. The molecule has 0 fully saturated rings. The Labute approximate surface area is 207 Å². The fraction of sp³-hybridized carbons (Fsp3) is 0.207. The molecule has 36 heavy (non-hydrogen) atoms. The molecule has 0 saturated heterocycles. The van der Waals surface area contributed by atoms with Crippen molar-refractivity contribution in [2.24, 2.45) is 0 Å². The van der Waals surface area contributed by atoms with Gasteiger partial charge in [0.25, 0.3) is 0 Å². The molecule has 3 heterocycles. The average molecular weight is 477 g/mol. The van der Waals surface area contributed by atoms with Crippen LogP contribution in [-0.2, 0) is 29.7 Å². The first-order valence-electron chi connectivity index (χ1n) is 12.2. The van der Waals surface area contributed by atoms with Gasteiger partial charge in [0.2, 0.25) is 0 Å². The molecule has 2 aliphatic rings. The summed E-state index contributed by atoms with van der Waals surface area (Å²) < 4.78 is 4.01. The molecule has 7 rings (SSSR count). The maximum Gasteiger partial charge on any atom is 0.307 e. The van der Waals surface area contributed by atoms with Gasteiger partial charge in [-0.05, 0) is 47.2 Å². The number of benzene rings is 2. The first-order valence-corrected chi connectivity index (χ1v) is 12.2. The van der Waals surface area contributed by atoms with E-state index in [1.807, 2.05) is 77.6 Å². The van der Waals surface area contributed by atoms with Crippen LogP contribution in [0.3, 0.4) is 0 Å². The molecular formula is C29H24N4O3.